The molecule has 0 saturated heterocycles. The molecule has 2 N–H and O–H groups in total. The van der Waals surface area contributed by atoms with E-state index >= 15 is 0 Å². The summed E-state index contributed by atoms with van der Waals surface area (Å²) in [5.41, 5.74) is 1.07. The van der Waals surface area contributed by atoms with Crippen LogP contribution in [0.4, 0.5) is 0 Å². The zero-order valence-electron chi connectivity index (χ0n) is 14.1. The van der Waals surface area contributed by atoms with Gasteiger partial charge in [0.05, 0.1) is 19.3 Å². The fourth-order valence-corrected chi connectivity index (χ4v) is 3.55. The molecule has 23 heavy (non-hydrogen) atoms. The van der Waals surface area contributed by atoms with Crippen molar-refractivity contribution in [1.29, 1.82) is 0 Å². The summed E-state index contributed by atoms with van der Waals surface area (Å²) in [5.74, 6) is 0.774. The molecule has 4 heteroatoms. The Kier molecular flexibility index (Phi) is 8.38. The van der Waals surface area contributed by atoms with E-state index < -0.39 is 6.10 Å². The molecule has 1 aromatic rings. The summed E-state index contributed by atoms with van der Waals surface area (Å²) in [6.07, 6.45) is 7.42. The van der Waals surface area contributed by atoms with Crippen molar-refractivity contribution in [3.05, 3.63) is 34.9 Å². The molecule has 0 heterocycles. The predicted octanol–water partition coefficient (Wildman–Crippen LogP) is 4.17. The molecule has 0 aromatic heterocycles. The van der Waals surface area contributed by atoms with Gasteiger partial charge in [0.15, 0.2) is 0 Å². The molecule has 2 atom stereocenters. The van der Waals surface area contributed by atoms with E-state index in [2.05, 4.69) is 12.2 Å². The van der Waals surface area contributed by atoms with Gasteiger partial charge in [0, 0.05) is 17.6 Å². The first kappa shape index (κ1) is 18.7. The maximum Gasteiger partial charge on any atom is 0.0897 e. The van der Waals surface area contributed by atoms with Crippen molar-refractivity contribution in [2.75, 3.05) is 13.2 Å². The number of nitrogens with one attached hydrogen (secondary N) is 1. The maximum atomic E-state index is 10.1. The van der Waals surface area contributed by atoms with Crippen molar-refractivity contribution < 1.29 is 9.84 Å². The summed E-state index contributed by atoms with van der Waals surface area (Å²) in [4.78, 5) is 0. The molecule has 2 rings (SSSR count). The molecule has 1 aromatic carbocycles. The number of hydrogen-bond acceptors (Lipinski definition) is 3. The lowest BCUT2D eigenvalue weighted by molar-refractivity contribution is 0.0261. The minimum atomic E-state index is -0.458. The van der Waals surface area contributed by atoms with E-state index in [1.807, 2.05) is 24.3 Å². The number of aliphatic hydroxyl groups excluding tert-OH is 1. The van der Waals surface area contributed by atoms with Gasteiger partial charge in [-0.15, -0.1) is 0 Å². The summed E-state index contributed by atoms with van der Waals surface area (Å²) in [6, 6.07) is 8.13. The number of halogens is 1. The average Bonchev–Trinajstić information content (AvgIpc) is 2.58. The number of ether oxygens (including phenoxy) is 1. The first-order chi connectivity index (χ1) is 11.2. The topological polar surface area (TPSA) is 41.5 Å². The van der Waals surface area contributed by atoms with Crippen LogP contribution >= 0.6 is 11.6 Å². The summed E-state index contributed by atoms with van der Waals surface area (Å²) in [7, 11) is 0. The molecule has 3 nitrogen and oxygen atoms in total. The van der Waals surface area contributed by atoms with Crippen molar-refractivity contribution >= 4 is 11.6 Å². The number of benzene rings is 1. The van der Waals surface area contributed by atoms with Crippen LogP contribution in [0.2, 0.25) is 5.02 Å². The Labute approximate surface area is 145 Å². The monoisotopic (exact) mass is 339 g/mol. The molecule has 1 saturated carbocycles. The lowest BCUT2D eigenvalue weighted by atomic mass is 9.83. The molecule has 2 unspecified atom stereocenters. The molecule has 1 fully saturated rings. The highest BCUT2D eigenvalue weighted by Crippen LogP contribution is 2.27. The molecule has 0 aliphatic heterocycles. The lowest BCUT2D eigenvalue weighted by Gasteiger charge is -2.31. The van der Waals surface area contributed by atoms with E-state index in [9.17, 15) is 5.11 Å². The van der Waals surface area contributed by atoms with Crippen LogP contribution in [0.5, 0.6) is 0 Å². The Bertz CT molecular complexity index is 432. The lowest BCUT2D eigenvalue weighted by Crippen LogP contribution is -2.42. The first-order valence-corrected chi connectivity index (χ1v) is 9.30. The van der Waals surface area contributed by atoms with Crippen LogP contribution in [0.25, 0.3) is 0 Å². The highest BCUT2D eigenvalue weighted by Gasteiger charge is 2.22. The predicted molar refractivity (Wildman–Crippen MR) is 95.8 cm³/mol. The molecule has 1 aliphatic rings. The SMILES string of the molecule is CCC(NCC(O)COCc1ccc(Cl)cc1)C1CCCCC1. The third-order valence-electron chi connectivity index (χ3n) is 4.77. The molecule has 0 radical (unpaired) electrons. The van der Waals surface area contributed by atoms with Crippen molar-refractivity contribution in [1.82, 2.24) is 5.32 Å². The van der Waals surface area contributed by atoms with Gasteiger partial charge in [0.2, 0.25) is 0 Å². The van der Waals surface area contributed by atoms with E-state index in [1.54, 1.807) is 0 Å². The smallest absolute Gasteiger partial charge is 0.0897 e. The van der Waals surface area contributed by atoms with Gasteiger partial charge in [0.25, 0.3) is 0 Å². The second kappa shape index (κ2) is 10.3. The number of rotatable bonds is 9. The van der Waals surface area contributed by atoms with Crippen molar-refractivity contribution in [3.63, 3.8) is 0 Å². The van der Waals surface area contributed by atoms with Crippen LogP contribution in [0, 0.1) is 5.92 Å². The van der Waals surface area contributed by atoms with E-state index in [-0.39, 0.29) is 0 Å². The second-order valence-corrected chi connectivity index (χ2v) is 7.05. The van der Waals surface area contributed by atoms with Gasteiger partial charge in [-0.1, -0.05) is 49.9 Å². The first-order valence-electron chi connectivity index (χ1n) is 8.92. The van der Waals surface area contributed by atoms with Gasteiger partial charge in [-0.25, -0.2) is 0 Å². The average molecular weight is 340 g/mol. The van der Waals surface area contributed by atoms with Gasteiger partial charge in [-0.3, -0.25) is 0 Å². The second-order valence-electron chi connectivity index (χ2n) is 6.62. The van der Waals surface area contributed by atoms with E-state index in [4.69, 9.17) is 16.3 Å². The standard InChI is InChI=1S/C19H30ClNO2/c1-2-19(16-6-4-3-5-7-16)21-12-18(22)14-23-13-15-8-10-17(20)11-9-15/h8-11,16,18-19,21-22H,2-7,12-14H2,1H3. The normalized spacial score (nSPS) is 18.7. The van der Waals surface area contributed by atoms with Crippen LogP contribution in [-0.4, -0.2) is 30.4 Å². The largest absolute Gasteiger partial charge is 0.389 e. The zero-order valence-corrected chi connectivity index (χ0v) is 14.9. The Balaban J connectivity index is 1.63. The molecular weight excluding hydrogens is 310 g/mol. The Morgan fingerprint density at radius 3 is 2.57 bits per heavy atom. The fourth-order valence-electron chi connectivity index (χ4n) is 3.42. The zero-order chi connectivity index (χ0) is 16.5. The third kappa shape index (κ3) is 6.80. The fraction of sp³-hybridized carbons (Fsp3) is 0.684. The summed E-state index contributed by atoms with van der Waals surface area (Å²) >= 11 is 5.86. The summed E-state index contributed by atoms with van der Waals surface area (Å²) in [5, 5.41) is 14.4. The van der Waals surface area contributed by atoms with Crippen LogP contribution in [0.1, 0.15) is 51.0 Å². The Morgan fingerprint density at radius 1 is 1.22 bits per heavy atom. The highest BCUT2D eigenvalue weighted by atomic mass is 35.5. The van der Waals surface area contributed by atoms with Gasteiger partial charge in [0.1, 0.15) is 0 Å². The quantitative estimate of drug-likeness (QED) is 0.709. The molecular formula is C19H30ClNO2. The van der Waals surface area contributed by atoms with E-state index in [1.165, 1.54) is 32.1 Å². The molecule has 130 valence electrons. The van der Waals surface area contributed by atoms with Gasteiger partial charge in [-0.05, 0) is 42.9 Å². The highest BCUT2D eigenvalue weighted by molar-refractivity contribution is 6.30. The number of hydrogen-bond donors (Lipinski definition) is 2. The number of aliphatic hydroxyl groups is 1. The Morgan fingerprint density at radius 2 is 1.91 bits per heavy atom. The van der Waals surface area contributed by atoms with Gasteiger partial charge < -0.3 is 15.2 Å². The third-order valence-corrected chi connectivity index (χ3v) is 5.02. The van der Waals surface area contributed by atoms with Crippen LogP contribution < -0.4 is 5.32 Å². The molecule has 0 bridgehead atoms. The van der Waals surface area contributed by atoms with Crippen molar-refractivity contribution in [2.45, 2.75) is 64.2 Å². The van der Waals surface area contributed by atoms with Crippen molar-refractivity contribution in [3.8, 4) is 0 Å². The molecule has 0 spiro atoms. The van der Waals surface area contributed by atoms with Crippen molar-refractivity contribution in [2.24, 2.45) is 5.92 Å². The van der Waals surface area contributed by atoms with Crippen LogP contribution in [-0.2, 0) is 11.3 Å². The van der Waals surface area contributed by atoms with Gasteiger partial charge >= 0.3 is 0 Å². The maximum absolute atomic E-state index is 10.1. The summed E-state index contributed by atoms with van der Waals surface area (Å²) < 4.78 is 5.60. The Hall–Kier alpha value is -0.610. The minimum Gasteiger partial charge on any atom is -0.389 e. The van der Waals surface area contributed by atoms with E-state index in [0.717, 1.165) is 22.9 Å². The molecule has 0 amide bonds. The minimum absolute atomic E-state index is 0.358. The molecule has 1 aliphatic carbocycles. The van der Waals surface area contributed by atoms with Crippen LogP contribution in [0.3, 0.4) is 0 Å². The van der Waals surface area contributed by atoms with E-state index in [0.29, 0.717) is 25.8 Å². The summed E-state index contributed by atoms with van der Waals surface area (Å²) in [6.45, 7) is 3.70. The van der Waals surface area contributed by atoms with Gasteiger partial charge in [-0.2, -0.15) is 0 Å². The van der Waals surface area contributed by atoms with Crippen LogP contribution in [0.15, 0.2) is 24.3 Å².